The van der Waals surface area contributed by atoms with Crippen LogP contribution in [-0.4, -0.2) is 30.2 Å². The maximum Gasteiger partial charge on any atom is 0.321 e. The first-order chi connectivity index (χ1) is 9.58. The molecule has 0 spiro atoms. The Morgan fingerprint density at radius 2 is 2.10 bits per heavy atom. The summed E-state index contributed by atoms with van der Waals surface area (Å²) in [5.41, 5.74) is 1.43. The lowest BCUT2D eigenvalue weighted by Gasteiger charge is -2.18. The van der Waals surface area contributed by atoms with Gasteiger partial charge in [-0.15, -0.1) is 0 Å². The van der Waals surface area contributed by atoms with Crippen molar-refractivity contribution >= 4 is 17.7 Å². The second-order valence-electron chi connectivity index (χ2n) is 5.72. The predicted octanol–water partition coefficient (Wildman–Crippen LogP) is 2.04. The molecule has 2 N–H and O–H groups in total. The van der Waals surface area contributed by atoms with Gasteiger partial charge in [0.15, 0.2) is 0 Å². The summed E-state index contributed by atoms with van der Waals surface area (Å²) in [7, 11) is 0. The monoisotopic (exact) mass is 274 g/mol. The number of para-hydroxylation sites is 1. The molecule has 1 aliphatic carbocycles. The number of anilines is 1. The van der Waals surface area contributed by atoms with E-state index in [9.17, 15) is 14.7 Å². The Morgan fingerprint density at radius 3 is 2.75 bits per heavy atom. The van der Waals surface area contributed by atoms with Gasteiger partial charge >= 0.3 is 12.0 Å². The molecule has 1 aromatic carbocycles. The Hall–Kier alpha value is -2.04. The first kappa shape index (κ1) is 13.0. The number of nitrogens with zero attached hydrogens (tertiary/aromatic N) is 1. The minimum Gasteiger partial charge on any atom is -0.481 e. The van der Waals surface area contributed by atoms with Crippen molar-refractivity contribution < 1.29 is 14.7 Å². The summed E-state index contributed by atoms with van der Waals surface area (Å²) >= 11 is 0. The summed E-state index contributed by atoms with van der Waals surface area (Å²) in [6.45, 7) is 3.06. The normalized spacial score (nSPS) is 27.1. The molecule has 1 saturated carbocycles. The van der Waals surface area contributed by atoms with E-state index < -0.39 is 11.9 Å². The lowest BCUT2D eigenvalue weighted by molar-refractivity contribution is -0.138. The van der Waals surface area contributed by atoms with Crippen LogP contribution in [0.1, 0.15) is 24.8 Å². The molecule has 20 heavy (non-hydrogen) atoms. The van der Waals surface area contributed by atoms with Crippen molar-refractivity contribution in [1.82, 2.24) is 5.32 Å². The highest BCUT2D eigenvalue weighted by molar-refractivity contribution is 5.98. The third-order valence-electron chi connectivity index (χ3n) is 4.30. The minimum atomic E-state index is -0.886. The van der Waals surface area contributed by atoms with E-state index in [1.807, 2.05) is 12.1 Å². The molecular formula is C15H18N2O3. The molecule has 3 unspecified atom stereocenters. The molecule has 1 fully saturated rings. The van der Waals surface area contributed by atoms with Gasteiger partial charge < -0.3 is 10.4 Å². The van der Waals surface area contributed by atoms with E-state index >= 15 is 0 Å². The van der Waals surface area contributed by atoms with Crippen LogP contribution >= 0.6 is 0 Å². The van der Waals surface area contributed by atoms with Gasteiger partial charge in [0, 0.05) is 18.8 Å². The maximum absolute atomic E-state index is 12.2. The zero-order valence-corrected chi connectivity index (χ0v) is 11.4. The zero-order valence-electron chi connectivity index (χ0n) is 11.4. The molecule has 1 aliphatic heterocycles. The number of carboxylic acid groups (broad SMARTS) is 1. The Labute approximate surface area is 117 Å². The summed E-state index contributed by atoms with van der Waals surface area (Å²) < 4.78 is 0. The maximum atomic E-state index is 12.2. The summed E-state index contributed by atoms with van der Waals surface area (Å²) in [6.07, 6.45) is 1.16. The molecule has 5 heteroatoms. The molecule has 1 aromatic rings. The second-order valence-corrected chi connectivity index (χ2v) is 5.72. The number of hydrogen-bond acceptors (Lipinski definition) is 2. The van der Waals surface area contributed by atoms with E-state index in [2.05, 4.69) is 12.2 Å². The van der Waals surface area contributed by atoms with Crippen LogP contribution in [0.3, 0.4) is 0 Å². The van der Waals surface area contributed by atoms with Crippen molar-refractivity contribution in [3.05, 3.63) is 29.8 Å². The molecule has 3 atom stereocenters. The molecule has 5 nitrogen and oxygen atoms in total. The van der Waals surface area contributed by atoms with E-state index in [1.54, 1.807) is 17.0 Å². The van der Waals surface area contributed by atoms with Crippen molar-refractivity contribution in [2.24, 2.45) is 11.8 Å². The Morgan fingerprint density at radius 1 is 1.40 bits per heavy atom. The van der Waals surface area contributed by atoms with Gasteiger partial charge in [-0.3, -0.25) is 9.69 Å². The highest BCUT2D eigenvalue weighted by atomic mass is 16.4. The van der Waals surface area contributed by atoms with Gasteiger partial charge in [-0.05, 0) is 29.9 Å². The molecule has 2 aliphatic rings. The van der Waals surface area contributed by atoms with Gasteiger partial charge in [-0.2, -0.15) is 0 Å². The number of hydrogen-bond donors (Lipinski definition) is 2. The Kier molecular flexibility index (Phi) is 3.12. The topological polar surface area (TPSA) is 69.6 Å². The second kappa shape index (κ2) is 4.81. The van der Waals surface area contributed by atoms with Crippen LogP contribution in [0, 0.1) is 11.8 Å². The fraction of sp³-hybridized carbons (Fsp3) is 0.467. The van der Waals surface area contributed by atoms with Gasteiger partial charge in [-0.25, -0.2) is 4.79 Å². The van der Waals surface area contributed by atoms with Crippen molar-refractivity contribution in [3.63, 3.8) is 0 Å². The van der Waals surface area contributed by atoms with Crippen molar-refractivity contribution in [2.75, 3.05) is 18.0 Å². The number of carbonyl (C=O) groups excluding carboxylic acids is 1. The first-order valence-corrected chi connectivity index (χ1v) is 6.95. The number of aliphatic carboxylic acids is 1. The van der Waals surface area contributed by atoms with Crippen LogP contribution in [0.15, 0.2) is 24.3 Å². The third kappa shape index (κ3) is 2.24. The molecule has 1 heterocycles. The van der Waals surface area contributed by atoms with Crippen LogP contribution in [-0.2, 0) is 4.79 Å². The SMILES string of the molecule is CC1CC1CNC(=O)N1CC(C(=O)O)c2ccccc21. The van der Waals surface area contributed by atoms with E-state index in [-0.39, 0.29) is 12.6 Å². The van der Waals surface area contributed by atoms with Crippen molar-refractivity contribution in [1.29, 1.82) is 0 Å². The Bertz CT molecular complexity index is 558. The molecule has 0 bridgehead atoms. The highest BCUT2D eigenvalue weighted by Gasteiger charge is 2.37. The molecule has 2 amide bonds. The van der Waals surface area contributed by atoms with Gasteiger partial charge in [0.25, 0.3) is 0 Å². The first-order valence-electron chi connectivity index (χ1n) is 6.95. The molecule has 3 rings (SSSR count). The van der Waals surface area contributed by atoms with Crippen molar-refractivity contribution in [3.8, 4) is 0 Å². The predicted molar refractivity (Wildman–Crippen MR) is 74.8 cm³/mol. The number of carboxylic acids is 1. The lowest BCUT2D eigenvalue weighted by Crippen LogP contribution is -2.40. The number of rotatable bonds is 3. The fourth-order valence-corrected chi connectivity index (χ4v) is 2.81. The van der Waals surface area contributed by atoms with Gasteiger partial charge in [0.1, 0.15) is 5.92 Å². The van der Waals surface area contributed by atoms with Gasteiger partial charge in [0.05, 0.1) is 0 Å². The number of benzene rings is 1. The number of amides is 2. The van der Waals surface area contributed by atoms with Crippen LogP contribution in [0.5, 0.6) is 0 Å². The average molecular weight is 274 g/mol. The highest BCUT2D eigenvalue weighted by Crippen LogP contribution is 2.38. The summed E-state index contributed by atoms with van der Waals surface area (Å²) in [5, 5.41) is 12.2. The van der Waals surface area contributed by atoms with Crippen LogP contribution in [0.2, 0.25) is 0 Å². The standard InChI is InChI=1S/C15H18N2O3/c1-9-6-10(9)7-16-15(20)17-8-12(14(18)19)11-4-2-3-5-13(11)17/h2-5,9-10,12H,6-8H2,1H3,(H,16,20)(H,18,19). The molecule has 0 saturated heterocycles. The number of carbonyl (C=O) groups is 2. The molecule has 0 radical (unpaired) electrons. The fourth-order valence-electron chi connectivity index (χ4n) is 2.81. The van der Waals surface area contributed by atoms with Crippen LogP contribution in [0.25, 0.3) is 0 Å². The summed E-state index contributed by atoms with van der Waals surface area (Å²) in [4.78, 5) is 25.1. The quantitative estimate of drug-likeness (QED) is 0.886. The average Bonchev–Trinajstić information content (AvgIpc) is 2.99. The van der Waals surface area contributed by atoms with Gasteiger partial charge in [0.2, 0.25) is 0 Å². The number of nitrogens with one attached hydrogen (secondary N) is 1. The largest absolute Gasteiger partial charge is 0.481 e. The summed E-state index contributed by atoms with van der Waals surface area (Å²) in [5.74, 6) is -0.250. The molecular weight excluding hydrogens is 256 g/mol. The van der Waals surface area contributed by atoms with Gasteiger partial charge in [-0.1, -0.05) is 25.1 Å². The van der Waals surface area contributed by atoms with E-state index in [0.717, 1.165) is 12.0 Å². The smallest absolute Gasteiger partial charge is 0.321 e. The third-order valence-corrected chi connectivity index (χ3v) is 4.30. The van der Waals surface area contributed by atoms with Crippen LogP contribution in [0.4, 0.5) is 10.5 Å². The zero-order chi connectivity index (χ0) is 14.3. The molecule has 0 aromatic heterocycles. The van der Waals surface area contributed by atoms with E-state index in [1.165, 1.54) is 0 Å². The van der Waals surface area contributed by atoms with Crippen molar-refractivity contribution in [2.45, 2.75) is 19.3 Å². The summed E-state index contributed by atoms with van der Waals surface area (Å²) in [6, 6.07) is 7.02. The molecule has 106 valence electrons. The van der Waals surface area contributed by atoms with E-state index in [4.69, 9.17) is 0 Å². The number of urea groups is 1. The number of fused-ring (bicyclic) bond motifs is 1. The van der Waals surface area contributed by atoms with E-state index in [0.29, 0.717) is 24.1 Å². The lowest BCUT2D eigenvalue weighted by atomic mass is 10.0. The van der Waals surface area contributed by atoms with Crippen LogP contribution < -0.4 is 10.2 Å². The minimum absolute atomic E-state index is 0.194. The Balaban J connectivity index is 1.74.